The van der Waals surface area contributed by atoms with Crippen molar-refractivity contribution in [3.63, 3.8) is 0 Å². The van der Waals surface area contributed by atoms with Crippen LogP contribution in [0.1, 0.15) is 33.7 Å². The molecule has 11 heteroatoms. The van der Waals surface area contributed by atoms with Crippen LogP contribution in [0, 0.1) is 3.70 Å². The molecule has 2 aliphatic heterocycles. The van der Waals surface area contributed by atoms with Crippen LogP contribution in [0.4, 0.5) is 17.3 Å². The number of allylic oxidation sites excluding steroid dienone is 1. The third kappa shape index (κ3) is 4.36. The van der Waals surface area contributed by atoms with Crippen LogP contribution < -0.4 is 27.8 Å². The number of anilines is 3. The van der Waals surface area contributed by atoms with Crippen molar-refractivity contribution in [3.05, 3.63) is 51.1 Å². The van der Waals surface area contributed by atoms with E-state index >= 15 is 0 Å². The zero-order valence-electron chi connectivity index (χ0n) is 16.7. The molecule has 8 N–H and O–H groups in total. The van der Waals surface area contributed by atoms with Gasteiger partial charge in [-0.25, -0.2) is 9.97 Å². The summed E-state index contributed by atoms with van der Waals surface area (Å²) in [5.74, 6) is 0.446. The summed E-state index contributed by atoms with van der Waals surface area (Å²) in [5, 5.41) is 6.66. The molecular weight excluding hydrogens is 511 g/mol. The highest BCUT2D eigenvalue weighted by molar-refractivity contribution is 14.1. The van der Waals surface area contributed by atoms with Gasteiger partial charge in [-0.1, -0.05) is 0 Å². The van der Waals surface area contributed by atoms with Crippen LogP contribution in [0.25, 0.3) is 0 Å². The zero-order chi connectivity index (χ0) is 22.2. The smallest absolute Gasteiger partial charge is 0.253 e. The summed E-state index contributed by atoms with van der Waals surface area (Å²) < 4.78 is 0.426. The summed E-state index contributed by atoms with van der Waals surface area (Å²) in [6.45, 7) is 1.90. The third-order valence-electron chi connectivity index (χ3n) is 5.60. The Morgan fingerprint density at radius 1 is 1.06 bits per heavy atom. The van der Waals surface area contributed by atoms with E-state index in [1.54, 1.807) is 24.3 Å². The Hall–Kier alpha value is -3.09. The minimum atomic E-state index is -0.356. The van der Waals surface area contributed by atoms with Crippen molar-refractivity contribution < 1.29 is 9.59 Å². The molecule has 1 spiro atoms. The number of halogens is 1. The molecule has 10 nitrogen and oxygen atoms in total. The normalized spacial score (nSPS) is 18.6. The van der Waals surface area contributed by atoms with E-state index in [9.17, 15) is 9.59 Å². The van der Waals surface area contributed by atoms with Crippen LogP contribution in [-0.4, -0.2) is 51.7 Å². The fourth-order valence-electron chi connectivity index (χ4n) is 3.80. The molecule has 2 aromatic rings. The Labute approximate surface area is 192 Å². The molecular formula is C20H23IN8O2. The predicted molar refractivity (Wildman–Crippen MR) is 126 cm³/mol. The molecule has 31 heavy (non-hydrogen) atoms. The molecule has 2 saturated heterocycles. The minimum absolute atomic E-state index is 0.00115. The fraction of sp³-hybridized carbons (Fsp3) is 0.300. The first-order chi connectivity index (χ1) is 14.8. The maximum atomic E-state index is 12.7. The molecule has 1 amide bonds. The van der Waals surface area contributed by atoms with E-state index < -0.39 is 0 Å². The average Bonchev–Trinajstić information content (AvgIpc) is 3.13. The van der Waals surface area contributed by atoms with Crippen molar-refractivity contribution in [2.45, 2.75) is 18.4 Å². The first kappa shape index (κ1) is 21.2. The first-order valence-electron chi connectivity index (χ1n) is 9.78. The average molecular weight is 534 g/mol. The molecule has 0 atom stereocenters. The monoisotopic (exact) mass is 534 g/mol. The molecule has 3 heterocycles. The molecule has 0 radical (unpaired) electrons. The van der Waals surface area contributed by atoms with Gasteiger partial charge in [-0.2, -0.15) is 0 Å². The Kier molecular flexibility index (Phi) is 5.60. The van der Waals surface area contributed by atoms with Crippen molar-refractivity contribution in [2.24, 2.45) is 0 Å². The lowest BCUT2D eigenvalue weighted by molar-refractivity contribution is 0.0667. The summed E-state index contributed by atoms with van der Waals surface area (Å²) in [6, 6.07) is 6.95. The molecule has 4 rings (SSSR count). The summed E-state index contributed by atoms with van der Waals surface area (Å²) in [6.07, 6.45) is 2.95. The van der Waals surface area contributed by atoms with Crippen LogP contribution >= 0.6 is 22.6 Å². The van der Waals surface area contributed by atoms with Crippen molar-refractivity contribution in [1.82, 2.24) is 25.5 Å². The van der Waals surface area contributed by atoms with Gasteiger partial charge in [0.15, 0.2) is 17.3 Å². The number of nitrogens with one attached hydrogen (secondary N) is 2. The maximum absolute atomic E-state index is 12.7. The Morgan fingerprint density at radius 2 is 1.74 bits per heavy atom. The number of piperidine rings is 1. The number of nitrogen functional groups attached to an aromatic ring is 3. The Bertz CT molecular complexity index is 1060. The van der Waals surface area contributed by atoms with Gasteiger partial charge < -0.3 is 32.7 Å². The highest BCUT2D eigenvalue weighted by Crippen LogP contribution is 2.27. The lowest BCUT2D eigenvalue weighted by Gasteiger charge is -2.38. The maximum Gasteiger partial charge on any atom is 0.253 e. The SMILES string of the molecule is Nc1ccc(C(=O)N2CCC3(CC2)CN/C(=C\C(=O)c2nc(I)c(N)nc2N)N3)cc1. The summed E-state index contributed by atoms with van der Waals surface area (Å²) in [5.41, 5.74) is 18.3. The molecule has 0 saturated carbocycles. The van der Waals surface area contributed by atoms with Crippen molar-refractivity contribution >= 4 is 51.6 Å². The minimum Gasteiger partial charge on any atom is -0.399 e. The van der Waals surface area contributed by atoms with Crippen molar-refractivity contribution in [3.8, 4) is 0 Å². The highest BCUT2D eigenvalue weighted by Gasteiger charge is 2.40. The van der Waals surface area contributed by atoms with Gasteiger partial charge in [0.25, 0.3) is 5.91 Å². The summed E-state index contributed by atoms with van der Waals surface area (Å²) in [4.78, 5) is 35.3. The topological polar surface area (TPSA) is 165 Å². The molecule has 1 aromatic carbocycles. The number of rotatable bonds is 3. The third-order valence-corrected chi connectivity index (χ3v) is 6.39. The molecule has 2 aliphatic rings. The fourth-order valence-corrected chi connectivity index (χ4v) is 4.16. The van der Waals surface area contributed by atoms with E-state index in [1.165, 1.54) is 6.08 Å². The van der Waals surface area contributed by atoms with Crippen LogP contribution in [-0.2, 0) is 0 Å². The number of aromatic nitrogens is 2. The molecule has 0 bridgehead atoms. The van der Waals surface area contributed by atoms with Gasteiger partial charge in [0.2, 0.25) is 5.78 Å². The second-order valence-electron chi connectivity index (χ2n) is 7.73. The predicted octanol–water partition coefficient (Wildman–Crippen LogP) is 0.720. The second-order valence-corrected chi connectivity index (χ2v) is 8.75. The van der Waals surface area contributed by atoms with Crippen LogP contribution in [0.2, 0.25) is 0 Å². The van der Waals surface area contributed by atoms with E-state index in [2.05, 4.69) is 20.6 Å². The van der Waals surface area contributed by atoms with E-state index in [-0.39, 0.29) is 34.6 Å². The van der Waals surface area contributed by atoms with Gasteiger partial charge in [-0.3, -0.25) is 9.59 Å². The number of carbonyl (C=O) groups excluding carboxylic acids is 2. The number of nitrogens with zero attached hydrogens (tertiary/aromatic N) is 3. The van der Waals surface area contributed by atoms with Gasteiger partial charge in [-0.15, -0.1) is 0 Å². The van der Waals surface area contributed by atoms with E-state index in [4.69, 9.17) is 17.2 Å². The zero-order valence-corrected chi connectivity index (χ0v) is 18.8. The number of amides is 1. The van der Waals surface area contributed by atoms with Gasteiger partial charge >= 0.3 is 0 Å². The van der Waals surface area contributed by atoms with Crippen molar-refractivity contribution in [2.75, 3.05) is 36.8 Å². The Morgan fingerprint density at radius 3 is 2.42 bits per heavy atom. The summed E-state index contributed by atoms with van der Waals surface area (Å²) in [7, 11) is 0. The van der Waals surface area contributed by atoms with E-state index in [1.807, 2.05) is 27.5 Å². The van der Waals surface area contributed by atoms with Crippen LogP contribution in [0.5, 0.6) is 0 Å². The van der Waals surface area contributed by atoms with Crippen molar-refractivity contribution in [1.29, 1.82) is 0 Å². The number of ketones is 1. The summed E-state index contributed by atoms with van der Waals surface area (Å²) >= 11 is 1.91. The lowest BCUT2D eigenvalue weighted by Crippen LogP contribution is -2.53. The molecule has 0 unspecified atom stereocenters. The number of hydrogen-bond acceptors (Lipinski definition) is 9. The van der Waals surface area contributed by atoms with Gasteiger partial charge in [0.1, 0.15) is 9.52 Å². The largest absolute Gasteiger partial charge is 0.399 e. The molecule has 1 aromatic heterocycles. The molecule has 0 aliphatic carbocycles. The number of nitrogens with two attached hydrogens (primary N) is 3. The number of hydrogen-bond donors (Lipinski definition) is 5. The lowest BCUT2D eigenvalue weighted by atomic mass is 9.88. The number of benzene rings is 1. The highest BCUT2D eigenvalue weighted by atomic mass is 127. The van der Waals surface area contributed by atoms with E-state index in [0.29, 0.717) is 40.4 Å². The molecule has 2 fully saturated rings. The standard InChI is InChI=1S/C20H23IN8O2/c21-16-18(24)27-17(23)15(26-16)13(30)9-14-25-10-20(28-14)5-7-29(8-6-20)19(31)11-1-3-12(22)4-2-11/h1-4,9,25,28H,5-8,10,22H2,(H4,23,24,27)/b14-9+. The van der Waals surface area contributed by atoms with Gasteiger partial charge in [0.05, 0.1) is 5.54 Å². The number of likely N-dealkylation sites (tertiary alicyclic amines) is 1. The first-order valence-corrected chi connectivity index (χ1v) is 10.9. The quantitative estimate of drug-likeness (QED) is 0.165. The Balaban J connectivity index is 1.40. The van der Waals surface area contributed by atoms with Gasteiger partial charge in [0, 0.05) is 37.0 Å². The van der Waals surface area contributed by atoms with Gasteiger partial charge in [-0.05, 0) is 59.7 Å². The second kappa shape index (κ2) is 8.21. The number of carbonyl (C=O) groups is 2. The van der Waals surface area contributed by atoms with Crippen LogP contribution in [0.15, 0.2) is 36.2 Å². The van der Waals surface area contributed by atoms with E-state index in [0.717, 1.165) is 12.8 Å². The molecule has 162 valence electrons. The van der Waals surface area contributed by atoms with Crippen LogP contribution in [0.3, 0.4) is 0 Å².